The molecular formula is C16H28N4O3S. The van der Waals surface area contributed by atoms with E-state index in [1.54, 1.807) is 24.3 Å². The zero-order valence-corrected chi connectivity index (χ0v) is 15.4. The van der Waals surface area contributed by atoms with E-state index in [9.17, 15) is 8.42 Å². The second kappa shape index (κ2) is 11.0. The summed E-state index contributed by atoms with van der Waals surface area (Å²) < 4.78 is 32.1. The summed E-state index contributed by atoms with van der Waals surface area (Å²) in [6, 6.07) is 6.75. The number of guanidine groups is 1. The Morgan fingerprint density at radius 2 is 1.83 bits per heavy atom. The number of ether oxygens (including phenoxy) is 1. The third-order valence-electron chi connectivity index (χ3n) is 3.09. The molecule has 0 fully saturated rings. The van der Waals surface area contributed by atoms with Crippen LogP contribution in [0, 0.1) is 6.92 Å². The van der Waals surface area contributed by atoms with Crippen LogP contribution in [0.5, 0.6) is 0 Å². The lowest BCUT2D eigenvalue weighted by Gasteiger charge is -2.11. The Morgan fingerprint density at radius 3 is 2.46 bits per heavy atom. The van der Waals surface area contributed by atoms with Gasteiger partial charge in [-0.2, -0.15) is 0 Å². The van der Waals surface area contributed by atoms with Crippen LogP contribution in [0.25, 0.3) is 0 Å². The highest BCUT2D eigenvalue weighted by atomic mass is 32.2. The van der Waals surface area contributed by atoms with Crippen LogP contribution in [0.4, 0.5) is 0 Å². The van der Waals surface area contributed by atoms with E-state index in [-0.39, 0.29) is 11.4 Å². The fraction of sp³-hybridized carbons (Fsp3) is 0.562. The zero-order valence-electron chi connectivity index (χ0n) is 14.6. The predicted octanol–water partition coefficient (Wildman–Crippen LogP) is 0.865. The number of hydrogen-bond acceptors (Lipinski definition) is 4. The molecule has 3 N–H and O–H groups in total. The molecule has 0 bridgehead atoms. The van der Waals surface area contributed by atoms with Crippen molar-refractivity contribution in [1.29, 1.82) is 0 Å². The molecule has 0 saturated heterocycles. The predicted molar refractivity (Wildman–Crippen MR) is 96.8 cm³/mol. The Labute approximate surface area is 145 Å². The number of nitrogens with one attached hydrogen (secondary N) is 3. The van der Waals surface area contributed by atoms with Crippen LogP contribution in [0.3, 0.4) is 0 Å². The number of rotatable bonds is 10. The van der Waals surface area contributed by atoms with Crippen LogP contribution in [0.2, 0.25) is 0 Å². The fourth-order valence-electron chi connectivity index (χ4n) is 1.88. The van der Waals surface area contributed by atoms with E-state index in [4.69, 9.17) is 4.74 Å². The number of nitrogens with zero attached hydrogens (tertiary/aromatic N) is 1. The average molecular weight is 356 g/mol. The average Bonchev–Trinajstić information content (AvgIpc) is 2.55. The molecule has 1 aromatic carbocycles. The quantitative estimate of drug-likeness (QED) is 0.329. The number of benzene rings is 1. The highest BCUT2D eigenvalue weighted by Crippen LogP contribution is 2.09. The number of sulfonamides is 1. The standard InChI is InChI=1S/C16H28N4O3S/c1-4-17-16(19-12-13-23-5-2)18-10-11-20-24(21,22)15-8-6-14(3)7-9-15/h6-9,20H,4-5,10-13H2,1-3H3,(H2,17,18,19). The van der Waals surface area contributed by atoms with Gasteiger partial charge in [0.25, 0.3) is 0 Å². The second-order valence-corrected chi connectivity index (χ2v) is 6.86. The SMILES string of the molecule is CCNC(=NCCNS(=O)(=O)c1ccc(C)cc1)NCCOCC. The molecule has 0 spiro atoms. The summed E-state index contributed by atoms with van der Waals surface area (Å²) in [6.07, 6.45) is 0. The molecule has 0 amide bonds. The molecule has 0 aliphatic heterocycles. The first-order chi connectivity index (χ1) is 11.5. The molecule has 7 nitrogen and oxygen atoms in total. The summed E-state index contributed by atoms with van der Waals surface area (Å²) in [5.41, 5.74) is 1.02. The van der Waals surface area contributed by atoms with E-state index in [2.05, 4.69) is 20.3 Å². The highest BCUT2D eigenvalue weighted by molar-refractivity contribution is 7.89. The van der Waals surface area contributed by atoms with Crippen LogP contribution < -0.4 is 15.4 Å². The van der Waals surface area contributed by atoms with Gasteiger partial charge in [0, 0.05) is 26.2 Å². The van der Waals surface area contributed by atoms with Gasteiger partial charge >= 0.3 is 0 Å². The largest absolute Gasteiger partial charge is 0.380 e. The van der Waals surface area contributed by atoms with Crippen molar-refractivity contribution in [2.45, 2.75) is 25.7 Å². The smallest absolute Gasteiger partial charge is 0.240 e. The van der Waals surface area contributed by atoms with E-state index in [0.29, 0.717) is 32.3 Å². The molecule has 0 saturated carbocycles. The van der Waals surface area contributed by atoms with Crippen molar-refractivity contribution in [1.82, 2.24) is 15.4 Å². The van der Waals surface area contributed by atoms with E-state index >= 15 is 0 Å². The lowest BCUT2D eigenvalue weighted by atomic mass is 10.2. The molecule has 0 aliphatic carbocycles. The van der Waals surface area contributed by atoms with Gasteiger partial charge in [-0.05, 0) is 32.9 Å². The monoisotopic (exact) mass is 356 g/mol. The summed E-state index contributed by atoms with van der Waals surface area (Å²) in [6.45, 7) is 9.06. The lowest BCUT2D eigenvalue weighted by molar-refractivity contribution is 0.152. The maximum Gasteiger partial charge on any atom is 0.240 e. The van der Waals surface area contributed by atoms with Crippen LogP contribution >= 0.6 is 0 Å². The first kappa shape index (κ1) is 20.4. The molecule has 0 unspecified atom stereocenters. The summed E-state index contributed by atoms with van der Waals surface area (Å²) in [7, 11) is -3.49. The third kappa shape index (κ3) is 7.76. The number of hydrogen-bond donors (Lipinski definition) is 3. The van der Waals surface area contributed by atoms with Gasteiger partial charge in [-0.3, -0.25) is 4.99 Å². The Balaban J connectivity index is 2.46. The Morgan fingerprint density at radius 1 is 1.12 bits per heavy atom. The Kier molecular flexibility index (Phi) is 9.36. The van der Waals surface area contributed by atoms with Crippen LogP contribution in [0.15, 0.2) is 34.2 Å². The molecule has 8 heteroatoms. The fourth-order valence-corrected chi connectivity index (χ4v) is 2.90. The van der Waals surface area contributed by atoms with Gasteiger partial charge in [-0.15, -0.1) is 0 Å². The van der Waals surface area contributed by atoms with Crippen molar-refractivity contribution < 1.29 is 13.2 Å². The Bertz CT molecular complexity index is 600. The van der Waals surface area contributed by atoms with Gasteiger partial charge in [0.15, 0.2) is 5.96 Å². The molecule has 24 heavy (non-hydrogen) atoms. The molecule has 1 aromatic rings. The summed E-state index contributed by atoms with van der Waals surface area (Å²) >= 11 is 0. The van der Waals surface area contributed by atoms with Gasteiger partial charge in [0.1, 0.15) is 0 Å². The van der Waals surface area contributed by atoms with E-state index < -0.39 is 10.0 Å². The van der Waals surface area contributed by atoms with Gasteiger partial charge in [-0.25, -0.2) is 13.1 Å². The molecular weight excluding hydrogens is 328 g/mol. The molecule has 1 rings (SSSR count). The molecule has 0 radical (unpaired) electrons. The van der Waals surface area contributed by atoms with E-state index in [1.165, 1.54) is 0 Å². The maximum atomic E-state index is 12.2. The minimum Gasteiger partial charge on any atom is -0.380 e. The molecule has 0 aromatic heterocycles. The van der Waals surface area contributed by atoms with Crippen LogP contribution in [-0.2, 0) is 14.8 Å². The Hall–Kier alpha value is -1.64. The molecule has 136 valence electrons. The first-order valence-electron chi connectivity index (χ1n) is 8.16. The van der Waals surface area contributed by atoms with Crippen molar-refractivity contribution in [3.63, 3.8) is 0 Å². The molecule has 0 heterocycles. The molecule has 0 atom stereocenters. The normalized spacial score (nSPS) is 12.2. The summed E-state index contributed by atoms with van der Waals surface area (Å²) in [5.74, 6) is 0.645. The minimum absolute atomic E-state index is 0.234. The summed E-state index contributed by atoms with van der Waals surface area (Å²) in [5, 5.41) is 6.23. The highest BCUT2D eigenvalue weighted by Gasteiger charge is 2.12. The maximum absolute atomic E-state index is 12.2. The van der Waals surface area contributed by atoms with Gasteiger partial charge in [-0.1, -0.05) is 17.7 Å². The number of aryl methyl sites for hydroxylation is 1. The number of aliphatic imine (C=N–C) groups is 1. The minimum atomic E-state index is -3.49. The van der Waals surface area contributed by atoms with Gasteiger partial charge < -0.3 is 15.4 Å². The van der Waals surface area contributed by atoms with Crippen LogP contribution in [0.1, 0.15) is 19.4 Å². The van der Waals surface area contributed by atoms with E-state index in [1.807, 2.05) is 20.8 Å². The van der Waals surface area contributed by atoms with Crippen molar-refractivity contribution >= 4 is 16.0 Å². The first-order valence-corrected chi connectivity index (χ1v) is 9.64. The molecule has 0 aliphatic rings. The van der Waals surface area contributed by atoms with Crippen molar-refractivity contribution in [2.75, 3.05) is 39.4 Å². The van der Waals surface area contributed by atoms with Crippen molar-refractivity contribution in [3.05, 3.63) is 29.8 Å². The van der Waals surface area contributed by atoms with E-state index in [0.717, 1.165) is 12.1 Å². The summed E-state index contributed by atoms with van der Waals surface area (Å²) in [4.78, 5) is 4.60. The zero-order chi connectivity index (χ0) is 17.8. The van der Waals surface area contributed by atoms with Crippen LogP contribution in [-0.4, -0.2) is 53.8 Å². The van der Waals surface area contributed by atoms with Gasteiger partial charge in [0.2, 0.25) is 10.0 Å². The van der Waals surface area contributed by atoms with Crippen molar-refractivity contribution in [3.8, 4) is 0 Å². The third-order valence-corrected chi connectivity index (χ3v) is 4.57. The second-order valence-electron chi connectivity index (χ2n) is 5.10. The lowest BCUT2D eigenvalue weighted by Crippen LogP contribution is -2.39. The van der Waals surface area contributed by atoms with Crippen molar-refractivity contribution in [2.24, 2.45) is 4.99 Å². The topological polar surface area (TPSA) is 91.8 Å². The van der Waals surface area contributed by atoms with Gasteiger partial charge in [0.05, 0.1) is 18.0 Å².